The molecule has 0 radical (unpaired) electrons. The van der Waals surface area contributed by atoms with E-state index in [0.717, 1.165) is 82.3 Å². The van der Waals surface area contributed by atoms with Crippen molar-refractivity contribution in [3.63, 3.8) is 0 Å². The fourth-order valence-corrected chi connectivity index (χ4v) is 5.28. The second-order valence-electron chi connectivity index (χ2n) is 9.45. The van der Waals surface area contributed by atoms with Crippen molar-refractivity contribution in [3.8, 4) is 0 Å². The molecule has 0 spiro atoms. The number of carbonyl (C=O) groups excluding carboxylic acids is 2. The number of methoxy groups -OCH3 is 1. The van der Waals surface area contributed by atoms with E-state index in [1.54, 1.807) is 0 Å². The van der Waals surface area contributed by atoms with Crippen LogP contribution < -0.4 is 10.6 Å². The summed E-state index contributed by atoms with van der Waals surface area (Å²) in [5.74, 6) is 0.545. The summed E-state index contributed by atoms with van der Waals surface area (Å²) in [7, 11) is 1.38. The molecule has 1 aromatic rings. The quantitative estimate of drug-likeness (QED) is 0.402. The fourth-order valence-electron chi connectivity index (χ4n) is 5.28. The van der Waals surface area contributed by atoms with Gasteiger partial charge in [0.25, 0.3) is 0 Å². The third-order valence-electron chi connectivity index (χ3n) is 7.12. The van der Waals surface area contributed by atoms with Gasteiger partial charge < -0.3 is 20.1 Å². The van der Waals surface area contributed by atoms with Crippen molar-refractivity contribution in [2.24, 2.45) is 5.92 Å². The molecule has 7 nitrogen and oxygen atoms in total. The first kappa shape index (κ1) is 23.0. The predicted molar refractivity (Wildman–Crippen MR) is 122 cm³/mol. The van der Waals surface area contributed by atoms with Crippen LogP contribution in [-0.4, -0.2) is 48.8 Å². The molecule has 176 valence electrons. The molecule has 1 amide bonds. The normalized spacial score (nSPS) is 24.5. The van der Waals surface area contributed by atoms with Gasteiger partial charge in [0.1, 0.15) is 11.9 Å². The second-order valence-corrected chi connectivity index (χ2v) is 9.45. The van der Waals surface area contributed by atoms with Crippen LogP contribution in [0.3, 0.4) is 0 Å². The van der Waals surface area contributed by atoms with E-state index in [9.17, 15) is 9.59 Å². The predicted octanol–water partition coefficient (Wildman–Crippen LogP) is 3.55. The molecule has 4 atom stereocenters. The number of nitrogens with zero attached hydrogens (tertiary/aromatic N) is 1. The van der Waals surface area contributed by atoms with E-state index in [-0.39, 0.29) is 30.0 Å². The van der Waals surface area contributed by atoms with Crippen LogP contribution in [0.1, 0.15) is 75.5 Å². The van der Waals surface area contributed by atoms with Gasteiger partial charge in [0, 0.05) is 12.2 Å². The summed E-state index contributed by atoms with van der Waals surface area (Å²) < 4.78 is 10.7. The molecule has 1 aromatic heterocycles. The molecule has 3 aliphatic heterocycles. The van der Waals surface area contributed by atoms with Gasteiger partial charge in [-0.2, -0.15) is 0 Å². The number of nitrogens with one attached hydrogen (secondary N) is 2. The van der Waals surface area contributed by atoms with Crippen LogP contribution in [0.25, 0.3) is 0 Å². The lowest BCUT2D eigenvalue weighted by atomic mass is 9.88. The third-order valence-corrected chi connectivity index (χ3v) is 7.12. The number of hydrogen-bond donors (Lipinski definition) is 2. The van der Waals surface area contributed by atoms with Crippen molar-refractivity contribution in [3.05, 3.63) is 23.4 Å². The molecule has 3 aliphatic rings. The molecule has 2 saturated heterocycles. The Bertz CT molecular complexity index is 799. The summed E-state index contributed by atoms with van der Waals surface area (Å²) in [6, 6.07) is 3.82. The minimum Gasteiger partial charge on any atom is -0.467 e. The molecule has 3 unspecified atom stereocenters. The second kappa shape index (κ2) is 11.1. The summed E-state index contributed by atoms with van der Waals surface area (Å²) in [4.78, 5) is 29.6. The Hall–Kier alpha value is -2.15. The molecule has 4 heterocycles. The average molecular weight is 444 g/mol. The van der Waals surface area contributed by atoms with Crippen molar-refractivity contribution in [2.45, 2.75) is 95.3 Å². The number of ether oxygens (including phenoxy) is 2. The van der Waals surface area contributed by atoms with Crippen LogP contribution in [0.15, 0.2) is 12.1 Å². The number of fused-ring (bicyclic) bond motifs is 3. The number of esters is 1. The van der Waals surface area contributed by atoms with Crippen molar-refractivity contribution in [2.75, 3.05) is 19.0 Å². The van der Waals surface area contributed by atoms with E-state index >= 15 is 0 Å². The Kier molecular flexibility index (Phi) is 8.00. The van der Waals surface area contributed by atoms with Crippen LogP contribution in [-0.2, 0) is 31.9 Å². The maximum Gasteiger partial charge on any atom is 0.328 e. The summed E-state index contributed by atoms with van der Waals surface area (Å²) in [6.07, 6.45) is 12.3. The van der Waals surface area contributed by atoms with Gasteiger partial charge in [-0.05, 0) is 63.0 Å². The standard InChI is InChI=1S/C25H37N3O4/c1-31-25(30)21(28-24(29)20-16-19-13-14-22(20)32-19)10-6-4-2-3-5-9-18-12-11-17-8-7-15-26-23(17)27-18/h11-12,19-22H,2-10,13-16H2,1H3,(H,26,27)(H,28,29)/t19?,20?,21-,22?/m0/s1. The van der Waals surface area contributed by atoms with Crippen LogP contribution in [0.5, 0.6) is 0 Å². The van der Waals surface area contributed by atoms with Gasteiger partial charge in [-0.3, -0.25) is 4.79 Å². The number of amides is 1. The first-order valence-corrected chi connectivity index (χ1v) is 12.4. The number of aromatic nitrogens is 1. The number of unbranched alkanes of at least 4 members (excludes halogenated alkanes) is 4. The monoisotopic (exact) mass is 443 g/mol. The molecule has 32 heavy (non-hydrogen) atoms. The Morgan fingerprint density at radius 1 is 1.22 bits per heavy atom. The lowest BCUT2D eigenvalue weighted by Crippen LogP contribution is -2.46. The lowest BCUT2D eigenvalue weighted by Gasteiger charge is -2.22. The molecule has 7 heteroatoms. The van der Waals surface area contributed by atoms with Crippen LogP contribution >= 0.6 is 0 Å². The van der Waals surface area contributed by atoms with E-state index in [0.29, 0.717) is 6.42 Å². The number of pyridine rings is 1. The molecule has 4 rings (SSSR count). The zero-order valence-electron chi connectivity index (χ0n) is 19.2. The van der Waals surface area contributed by atoms with Crippen molar-refractivity contribution < 1.29 is 19.1 Å². The van der Waals surface area contributed by atoms with Gasteiger partial charge in [0.15, 0.2) is 0 Å². The first-order valence-electron chi connectivity index (χ1n) is 12.4. The molecule has 0 saturated carbocycles. The number of anilines is 1. The van der Waals surface area contributed by atoms with Gasteiger partial charge in [0.05, 0.1) is 25.2 Å². The fraction of sp³-hybridized carbons (Fsp3) is 0.720. The van der Waals surface area contributed by atoms with E-state index in [2.05, 4.69) is 22.8 Å². The SMILES string of the molecule is COC(=O)[C@H](CCCCCCCc1ccc2c(n1)NCCC2)NC(=O)C1CC2CCC1O2. The summed E-state index contributed by atoms with van der Waals surface area (Å²) in [5.41, 5.74) is 2.50. The molecule has 2 N–H and O–H groups in total. The lowest BCUT2D eigenvalue weighted by molar-refractivity contribution is -0.146. The van der Waals surface area contributed by atoms with Crippen LogP contribution in [0.4, 0.5) is 5.82 Å². The zero-order valence-corrected chi connectivity index (χ0v) is 19.2. The minimum absolute atomic E-state index is 0.0266. The molecule has 2 fully saturated rings. The van der Waals surface area contributed by atoms with Gasteiger partial charge in [-0.15, -0.1) is 0 Å². The smallest absolute Gasteiger partial charge is 0.328 e. The minimum atomic E-state index is -0.557. The maximum atomic E-state index is 12.7. The molecule has 0 aliphatic carbocycles. The Morgan fingerprint density at radius 2 is 2.06 bits per heavy atom. The molecule has 0 aromatic carbocycles. The molecular formula is C25H37N3O4. The van der Waals surface area contributed by atoms with Crippen molar-refractivity contribution in [1.82, 2.24) is 10.3 Å². The van der Waals surface area contributed by atoms with Crippen LogP contribution in [0.2, 0.25) is 0 Å². The average Bonchev–Trinajstić information content (AvgIpc) is 3.46. The number of hydrogen-bond acceptors (Lipinski definition) is 6. The molecular weight excluding hydrogens is 406 g/mol. The largest absolute Gasteiger partial charge is 0.467 e. The number of carbonyl (C=O) groups is 2. The van der Waals surface area contributed by atoms with E-state index in [1.807, 2.05) is 0 Å². The first-order chi connectivity index (χ1) is 15.6. The Labute approximate surface area is 191 Å². The zero-order chi connectivity index (χ0) is 22.3. The Morgan fingerprint density at radius 3 is 2.84 bits per heavy atom. The van der Waals surface area contributed by atoms with E-state index in [4.69, 9.17) is 14.5 Å². The molecule has 2 bridgehead atoms. The number of rotatable bonds is 11. The van der Waals surface area contributed by atoms with Gasteiger partial charge in [0.2, 0.25) is 5.91 Å². The highest BCUT2D eigenvalue weighted by molar-refractivity contribution is 5.86. The summed E-state index contributed by atoms with van der Waals surface area (Å²) in [6.45, 7) is 1.02. The number of aryl methyl sites for hydroxylation is 2. The topological polar surface area (TPSA) is 89.5 Å². The van der Waals surface area contributed by atoms with Gasteiger partial charge in [-0.25, -0.2) is 9.78 Å². The van der Waals surface area contributed by atoms with Crippen LogP contribution in [0, 0.1) is 5.92 Å². The highest BCUT2D eigenvalue weighted by Crippen LogP contribution is 2.38. The van der Waals surface area contributed by atoms with Crippen molar-refractivity contribution >= 4 is 17.7 Å². The third kappa shape index (κ3) is 5.80. The van der Waals surface area contributed by atoms with E-state index in [1.165, 1.54) is 19.1 Å². The maximum absolute atomic E-state index is 12.7. The highest BCUT2D eigenvalue weighted by Gasteiger charge is 2.45. The van der Waals surface area contributed by atoms with Gasteiger partial charge >= 0.3 is 5.97 Å². The Balaban J connectivity index is 1.12. The highest BCUT2D eigenvalue weighted by atomic mass is 16.5. The van der Waals surface area contributed by atoms with Crippen molar-refractivity contribution in [1.29, 1.82) is 0 Å². The summed E-state index contributed by atoms with van der Waals surface area (Å²) >= 11 is 0. The van der Waals surface area contributed by atoms with E-state index < -0.39 is 6.04 Å². The summed E-state index contributed by atoms with van der Waals surface area (Å²) in [5, 5.41) is 6.33. The van der Waals surface area contributed by atoms with Gasteiger partial charge in [-0.1, -0.05) is 31.7 Å².